The van der Waals surface area contributed by atoms with Crippen LogP contribution in [-0.4, -0.2) is 19.1 Å². The van der Waals surface area contributed by atoms with E-state index >= 15 is 0 Å². The lowest BCUT2D eigenvalue weighted by Gasteiger charge is -2.18. The molecule has 3 aromatic carbocycles. The van der Waals surface area contributed by atoms with Gasteiger partial charge in [0.15, 0.2) is 11.5 Å². The molecule has 1 fully saturated rings. The van der Waals surface area contributed by atoms with E-state index in [1.807, 2.05) is 48.5 Å². The molecule has 1 amide bonds. The molecule has 4 nitrogen and oxygen atoms in total. The molecule has 130 valence electrons. The third-order valence-electron chi connectivity index (χ3n) is 5.17. The number of anilines is 1. The second kappa shape index (κ2) is 6.06. The maximum Gasteiger partial charge on any atom is 0.228 e. The molecule has 1 aliphatic carbocycles. The number of carbonyl (C=O) groups excluding carboxylic acids is 1. The molecule has 1 saturated carbocycles. The molecule has 4 heteroatoms. The van der Waals surface area contributed by atoms with Crippen LogP contribution >= 0.6 is 0 Å². The van der Waals surface area contributed by atoms with Gasteiger partial charge in [0.1, 0.15) is 13.2 Å². The minimum atomic E-state index is 0.0107. The van der Waals surface area contributed by atoms with E-state index < -0.39 is 0 Å². The van der Waals surface area contributed by atoms with Crippen LogP contribution in [0.25, 0.3) is 10.8 Å². The van der Waals surface area contributed by atoms with E-state index in [0.717, 1.165) is 39.9 Å². The fraction of sp³-hybridized carbons (Fsp3) is 0.227. The first-order valence-electron chi connectivity index (χ1n) is 8.98. The fourth-order valence-electron chi connectivity index (χ4n) is 3.70. The van der Waals surface area contributed by atoms with Gasteiger partial charge in [-0.05, 0) is 41.5 Å². The Bertz CT molecular complexity index is 992. The van der Waals surface area contributed by atoms with Crippen LogP contribution in [-0.2, 0) is 4.79 Å². The SMILES string of the molecule is O=C(Nc1cccc2ccccc12)[C@H]1C[C@@H]1c1ccc2c(c1)OCCO2. The monoisotopic (exact) mass is 345 g/mol. The zero-order chi connectivity index (χ0) is 17.5. The van der Waals surface area contributed by atoms with Gasteiger partial charge in [-0.2, -0.15) is 0 Å². The van der Waals surface area contributed by atoms with E-state index in [4.69, 9.17) is 9.47 Å². The number of carbonyl (C=O) groups is 1. The third kappa shape index (κ3) is 2.68. The molecule has 26 heavy (non-hydrogen) atoms. The molecular weight excluding hydrogens is 326 g/mol. The number of rotatable bonds is 3. The van der Waals surface area contributed by atoms with Gasteiger partial charge in [-0.1, -0.05) is 42.5 Å². The summed E-state index contributed by atoms with van der Waals surface area (Å²) in [4.78, 5) is 12.7. The van der Waals surface area contributed by atoms with Gasteiger partial charge in [-0.15, -0.1) is 0 Å². The standard InChI is InChI=1S/C22H19NO3/c24-22(23-19-7-3-5-14-4-1-2-6-16(14)19)18-13-17(18)15-8-9-20-21(12-15)26-11-10-25-20/h1-9,12,17-18H,10-11,13H2,(H,23,24)/t17-,18+/m1/s1. The minimum absolute atomic E-state index is 0.0107. The molecule has 2 aliphatic rings. The summed E-state index contributed by atoms with van der Waals surface area (Å²) < 4.78 is 11.2. The van der Waals surface area contributed by atoms with Crippen LogP contribution in [0.3, 0.4) is 0 Å². The molecule has 0 spiro atoms. The lowest BCUT2D eigenvalue weighted by atomic mass is 10.1. The number of fused-ring (bicyclic) bond motifs is 2. The summed E-state index contributed by atoms with van der Waals surface area (Å²) in [5, 5.41) is 5.31. The van der Waals surface area contributed by atoms with Gasteiger partial charge in [0.05, 0.1) is 0 Å². The Labute approximate surface area is 151 Å². The fourth-order valence-corrected chi connectivity index (χ4v) is 3.70. The van der Waals surface area contributed by atoms with Crippen molar-refractivity contribution in [3.8, 4) is 11.5 Å². The Hall–Kier alpha value is -3.01. The van der Waals surface area contributed by atoms with Crippen LogP contribution in [0.2, 0.25) is 0 Å². The topological polar surface area (TPSA) is 47.6 Å². The Balaban J connectivity index is 1.33. The Morgan fingerprint density at radius 1 is 0.923 bits per heavy atom. The normalized spacial score (nSPS) is 20.6. The first-order valence-corrected chi connectivity index (χ1v) is 8.98. The van der Waals surface area contributed by atoms with E-state index in [9.17, 15) is 4.79 Å². The largest absolute Gasteiger partial charge is 0.486 e. The quantitative estimate of drug-likeness (QED) is 0.767. The van der Waals surface area contributed by atoms with E-state index in [-0.39, 0.29) is 17.7 Å². The number of nitrogens with one attached hydrogen (secondary N) is 1. The number of benzene rings is 3. The van der Waals surface area contributed by atoms with Crippen LogP contribution in [0.5, 0.6) is 11.5 Å². The first-order chi connectivity index (χ1) is 12.8. The third-order valence-corrected chi connectivity index (χ3v) is 5.17. The van der Waals surface area contributed by atoms with Crippen LogP contribution in [0, 0.1) is 5.92 Å². The zero-order valence-electron chi connectivity index (χ0n) is 14.3. The van der Waals surface area contributed by atoms with Crippen molar-refractivity contribution in [2.45, 2.75) is 12.3 Å². The molecule has 0 unspecified atom stereocenters. The van der Waals surface area contributed by atoms with Crippen molar-refractivity contribution in [2.75, 3.05) is 18.5 Å². The van der Waals surface area contributed by atoms with Crippen molar-refractivity contribution in [3.63, 3.8) is 0 Å². The lowest BCUT2D eigenvalue weighted by Crippen LogP contribution is -2.16. The van der Waals surface area contributed by atoms with Gasteiger partial charge in [0.2, 0.25) is 5.91 Å². The van der Waals surface area contributed by atoms with Crippen molar-refractivity contribution in [1.82, 2.24) is 0 Å². The molecule has 1 N–H and O–H groups in total. The van der Waals surface area contributed by atoms with Crippen LogP contribution in [0.1, 0.15) is 17.9 Å². The zero-order valence-corrected chi connectivity index (χ0v) is 14.3. The highest BCUT2D eigenvalue weighted by Crippen LogP contribution is 2.50. The average molecular weight is 345 g/mol. The second-order valence-corrected chi connectivity index (χ2v) is 6.87. The summed E-state index contributed by atoms with van der Waals surface area (Å²) in [5.41, 5.74) is 2.02. The van der Waals surface area contributed by atoms with Gasteiger partial charge < -0.3 is 14.8 Å². The predicted molar refractivity (Wildman–Crippen MR) is 101 cm³/mol. The summed E-state index contributed by atoms with van der Waals surface area (Å²) >= 11 is 0. The van der Waals surface area contributed by atoms with Crippen molar-refractivity contribution in [3.05, 3.63) is 66.2 Å². The van der Waals surface area contributed by atoms with E-state index in [1.165, 1.54) is 0 Å². The Morgan fingerprint density at radius 3 is 2.65 bits per heavy atom. The second-order valence-electron chi connectivity index (χ2n) is 6.87. The molecule has 3 aromatic rings. The molecule has 0 bridgehead atoms. The van der Waals surface area contributed by atoms with Gasteiger partial charge in [0, 0.05) is 17.0 Å². The van der Waals surface area contributed by atoms with Crippen molar-refractivity contribution in [1.29, 1.82) is 0 Å². The smallest absolute Gasteiger partial charge is 0.228 e. The molecule has 1 aliphatic heterocycles. The number of ether oxygens (including phenoxy) is 2. The lowest BCUT2D eigenvalue weighted by molar-refractivity contribution is -0.117. The number of hydrogen-bond donors (Lipinski definition) is 1. The predicted octanol–water partition coefficient (Wildman–Crippen LogP) is 4.35. The molecular formula is C22H19NO3. The van der Waals surface area contributed by atoms with Gasteiger partial charge in [-0.3, -0.25) is 4.79 Å². The van der Waals surface area contributed by atoms with Crippen molar-refractivity contribution in [2.24, 2.45) is 5.92 Å². The molecule has 5 rings (SSSR count). The number of hydrogen-bond acceptors (Lipinski definition) is 3. The van der Waals surface area contributed by atoms with E-state index in [1.54, 1.807) is 0 Å². The molecule has 0 aromatic heterocycles. The maximum absolute atomic E-state index is 12.7. The number of amides is 1. The molecule has 0 radical (unpaired) electrons. The summed E-state index contributed by atoms with van der Waals surface area (Å²) in [5.74, 6) is 1.92. The highest BCUT2D eigenvalue weighted by molar-refractivity contribution is 6.03. The van der Waals surface area contributed by atoms with Crippen LogP contribution in [0.4, 0.5) is 5.69 Å². The first kappa shape index (κ1) is 15.3. The van der Waals surface area contributed by atoms with Crippen LogP contribution in [0.15, 0.2) is 60.7 Å². The highest BCUT2D eigenvalue weighted by atomic mass is 16.6. The van der Waals surface area contributed by atoms with Gasteiger partial charge in [0.25, 0.3) is 0 Å². The van der Waals surface area contributed by atoms with Crippen molar-refractivity contribution < 1.29 is 14.3 Å². The minimum Gasteiger partial charge on any atom is -0.486 e. The molecule has 1 heterocycles. The molecule has 2 atom stereocenters. The summed E-state index contributed by atoms with van der Waals surface area (Å²) in [6.45, 7) is 1.16. The van der Waals surface area contributed by atoms with E-state index in [0.29, 0.717) is 13.2 Å². The highest BCUT2D eigenvalue weighted by Gasteiger charge is 2.44. The maximum atomic E-state index is 12.7. The Morgan fingerprint density at radius 2 is 1.73 bits per heavy atom. The summed E-state index contributed by atoms with van der Waals surface area (Å²) in [6, 6.07) is 20.1. The average Bonchev–Trinajstić information content (AvgIpc) is 3.49. The van der Waals surface area contributed by atoms with Crippen molar-refractivity contribution >= 4 is 22.4 Å². The van der Waals surface area contributed by atoms with Gasteiger partial charge >= 0.3 is 0 Å². The summed E-state index contributed by atoms with van der Waals surface area (Å²) in [7, 11) is 0. The van der Waals surface area contributed by atoms with Crippen LogP contribution < -0.4 is 14.8 Å². The summed E-state index contributed by atoms with van der Waals surface area (Å²) in [6.07, 6.45) is 0.871. The Kier molecular flexibility index (Phi) is 3.56. The molecule has 0 saturated heterocycles. The van der Waals surface area contributed by atoms with E-state index in [2.05, 4.69) is 17.4 Å². The van der Waals surface area contributed by atoms with Gasteiger partial charge in [-0.25, -0.2) is 0 Å².